The predicted octanol–water partition coefficient (Wildman–Crippen LogP) is 2.01. The Kier molecular flexibility index (Phi) is 4.63. The lowest BCUT2D eigenvalue weighted by Gasteiger charge is -2.04. The zero-order valence-electron chi connectivity index (χ0n) is 10.8. The third-order valence-electron chi connectivity index (χ3n) is 2.77. The summed E-state index contributed by atoms with van der Waals surface area (Å²) >= 11 is 3.22. The van der Waals surface area contributed by atoms with Crippen molar-refractivity contribution in [1.82, 2.24) is 15.0 Å². The number of aryl methyl sites for hydroxylation is 1. The molecule has 9 heteroatoms. The fourth-order valence-corrected chi connectivity index (χ4v) is 2.30. The van der Waals surface area contributed by atoms with Crippen LogP contribution in [0.2, 0.25) is 0 Å². The highest BCUT2D eigenvalue weighted by molar-refractivity contribution is 9.10. The molecule has 0 spiro atoms. The van der Waals surface area contributed by atoms with Crippen molar-refractivity contribution in [3.63, 3.8) is 0 Å². The van der Waals surface area contributed by atoms with Crippen LogP contribution in [0.15, 0.2) is 28.9 Å². The molecule has 0 atom stereocenters. The molecule has 0 fully saturated rings. The van der Waals surface area contributed by atoms with Gasteiger partial charge in [-0.05, 0) is 21.5 Å². The Morgan fingerprint density at radius 2 is 2.24 bits per heavy atom. The number of nitro groups is 1. The van der Waals surface area contributed by atoms with Crippen molar-refractivity contribution in [3.05, 3.63) is 50.2 Å². The standard InChI is InChI=1S/C12H11BrN4O4/c13-12-8(2-1-3-10(12)17(20)21)6-16-7-9(14-15-16)4-5-11(18)19/h1-3,7H,4-6H2,(H,18,19). The van der Waals surface area contributed by atoms with Crippen molar-refractivity contribution in [2.24, 2.45) is 0 Å². The summed E-state index contributed by atoms with van der Waals surface area (Å²) in [6, 6.07) is 4.75. The van der Waals surface area contributed by atoms with E-state index in [2.05, 4.69) is 26.2 Å². The van der Waals surface area contributed by atoms with Gasteiger partial charge in [-0.25, -0.2) is 4.68 Å². The van der Waals surface area contributed by atoms with E-state index in [1.165, 1.54) is 10.7 Å². The molecule has 1 aromatic carbocycles. The largest absolute Gasteiger partial charge is 0.481 e. The maximum absolute atomic E-state index is 10.9. The minimum absolute atomic E-state index is 0.0147. The van der Waals surface area contributed by atoms with E-state index >= 15 is 0 Å². The summed E-state index contributed by atoms with van der Waals surface area (Å²) in [5.41, 5.74) is 1.25. The van der Waals surface area contributed by atoms with E-state index in [1.807, 2.05) is 0 Å². The Balaban J connectivity index is 2.14. The molecule has 2 aromatic rings. The van der Waals surface area contributed by atoms with E-state index in [0.29, 0.717) is 28.7 Å². The van der Waals surface area contributed by atoms with Crippen LogP contribution in [0.25, 0.3) is 0 Å². The van der Waals surface area contributed by atoms with E-state index in [-0.39, 0.29) is 12.1 Å². The molecule has 0 radical (unpaired) electrons. The van der Waals surface area contributed by atoms with Crippen LogP contribution < -0.4 is 0 Å². The average molecular weight is 355 g/mol. The molecule has 110 valence electrons. The van der Waals surface area contributed by atoms with E-state index in [9.17, 15) is 14.9 Å². The Bertz CT molecular complexity index is 686. The van der Waals surface area contributed by atoms with E-state index in [1.54, 1.807) is 18.3 Å². The van der Waals surface area contributed by atoms with Gasteiger partial charge in [-0.15, -0.1) is 5.10 Å². The number of nitrogens with zero attached hydrogens (tertiary/aromatic N) is 4. The zero-order valence-corrected chi connectivity index (χ0v) is 12.4. The summed E-state index contributed by atoms with van der Waals surface area (Å²) in [5.74, 6) is -0.897. The predicted molar refractivity (Wildman–Crippen MR) is 75.9 cm³/mol. The minimum Gasteiger partial charge on any atom is -0.481 e. The number of rotatable bonds is 6. The van der Waals surface area contributed by atoms with Crippen LogP contribution >= 0.6 is 15.9 Å². The number of carboxylic acid groups (broad SMARTS) is 1. The van der Waals surface area contributed by atoms with Crippen LogP contribution in [0.5, 0.6) is 0 Å². The first kappa shape index (κ1) is 15.1. The van der Waals surface area contributed by atoms with Crippen LogP contribution in [0.3, 0.4) is 0 Å². The summed E-state index contributed by atoms with van der Waals surface area (Å²) in [6.07, 6.45) is 1.92. The number of carbonyl (C=O) groups is 1. The Hall–Kier alpha value is -2.29. The molecule has 0 saturated heterocycles. The van der Waals surface area contributed by atoms with Gasteiger partial charge in [0.1, 0.15) is 4.47 Å². The third kappa shape index (κ3) is 3.85. The van der Waals surface area contributed by atoms with Gasteiger partial charge < -0.3 is 5.11 Å². The molecule has 2 rings (SSSR count). The van der Waals surface area contributed by atoms with E-state index in [0.717, 1.165) is 0 Å². The van der Waals surface area contributed by atoms with Gasteiger partial charge in [-0.2, -0.15) is 0 Å². The third-order valence-corrected chi connectivity index (χ3v) is 3.68. The van der Waals surface area contributed by atoms with Gasteiger partial charge >= 0.3 is 5.97 Å². The van der Waals surface area contributed by atoms with E-state index in [4.69, 9.17) is 5.11 Å². The number of aliphatic carboxylic acids is 1. The second-order valence-electron chi connectivity index (χ2n) is 4.31. The second-order valence-corrected chi connectivity index (χ2v) is 5.10. The molecule has 21 heavy (non-hydrogen) atoms. The minimum atomic E-state index is -0.897. The molecule has 0 aliphatic carbocycles. The number of carboxylic acids is 1. The molecule has 0 aliphatic heterocycles. The highest BCUT2D eigenvalue weighted by atomic mass is 79.9. The van der Waals surface area contributed by atoms with Gasteiger partial charge in [0.05, 0.1) is 23.6 Å². The van der Waals surface area contributed by atoms with Gasteiger partial charge in [0.2, 0.25) is 0 Å². The zero-order chi connectivity index (χ0) is 15.4. The van der Waals surface area contributed by atoms with Crippen molar-refractivity contribution < 1.29 is 14.8 Å². The van der Waals surface area contributed by atoms with Gasteiger partial charge in [-0.1, -0.05) is 17.3 Å². The molecular formula is C12H11BrN4O4. The lowest BCUT2D eigenvalue weighted by atomic mass is 10.2. The van der Waals surface area contributed by atoms with Crippen molar-refractivity contribution >= 4 is 27.6 Å². The highest BCUT2D eigenvalue weighted by Crippen LogP contribution is 2.28. The number of halogens is 1. The van der Waals surface area contributed by atoms with Gasteiger partial charge in [0.25, 0.3) is 5.69 Å². The first-order valence-corrected chi connectivity index (χ1v) is 6.79. The van der Waals surface area contributed by atoms with Gasteiger partial charge in [0, 0.05) is 18.7 Å². The summed E-state index contributed by atoms with van der Waals surface area (Å²) < 4.78 is 1.92. The van der Waals surface area contributed by atoms with Gasteiger partial charge in [-0.3, -0.25) is 14.9 Å². The first-order chi connectivity index (χ1) is 9.97. The second kappa shape index (κ2) is 6.44. The number of hydrogen-bond acceptors (Lipinski definition) is 5. The van der Waals surface area contributed by atoms with Crippen molar-refractivity contribution in [2.45, 2.75) is 19.4 Å². The smallest absolute Gasteiger partial charge is 0.303 e. The molecule has 1 heterocycles. The van der Waals surface area contributed by atoms with Crippen LogP contribution in [-0.4, -0.2) is 31.0 Å². The van der Waals surface area contributed by atoms with Gasteiger partial charge in [0.15, 0.2) is 0 Å². The molecule has 8 nitrogen and oxygen atoms in total. The molecule has 0 unspecified atom stereocenters. The molecule has 0 saturated carbocycles. The fraction of sp³-hybridized carbons (Fsp3) is 0.250. The van der Waals surface area contributed by atoms with Crippen molar-refractivity contribution in [2.75, 3.05) is 0 Å². The first-order valence-electron chi connectivity index (χ1n) is 6.00. The molecule has 1 N–H and O–H groups in total. The molecule has 0 aliphatic rings. The van der Waals surface area contributed by atoms with Crippen LogP contribution in [0.4, 0.5) is 5.69 Å². The lowest BCUT2D eigenvalue weighted by molar-refractivity contribution is -0.385. The van der Waals surface area contributed by atoms with Crippen molar-refractivity contribution in [1.29, 1.82) is 0 Å². The molecular weight excluding hydrogens is 344 g/mol. The van der Waals surface area contributed by atoms with Crippen LogP contribution in [0.1, 0.15) is 17.7 Å². The number of nitro benzene ring substituents is 1. The Morgan fingerprint density at radius 3 is 2.90 bits per heavy atom. The number of hydrogen-bond donors (Lipinski definition) is 1. The lowest BCUT2D eigenvalue weighted by Crippen LogP contribution is -2.02. The average Bonchev–Trinajstić information content (AvgIpc) is 2.86. The fourth-order valence-electron chi connectivity index (χ4n) is 1.77. The summed E-state index contributed by atoms with van der Waals surface area (Å²) in [4.78, 5) is 20.9. The monoisotopic (exact) mass is 354 g/mol. The maximum Gasteiger partial charge on any atom is 0.303 e. The molecule has 1 aromatic heterocycles. The van der Waals surface area contributed by atoms with E-state index < -0.39 is 10.9 Å². The summed E-state index contributed by atoms with van der Waals surface area (Å²) in [6.45, 7) is 0.308. The number of aromatic nitrogens is 3. The van der Waals surface area contributed by atoms with Crippen LogP contribution in [0, 0.1) is 10.1 Å². The normalized spacial score (nSPS) is 10.5. The van der Waals surface area contributed by atoms with Crippen LogP contribution in [-0.2, 0) is 17.8 Å². The summed E-state index contributed by atoms with van der Waals surface area (Å²) in [7, 11) is 0. The quantitative estimate of drug-likeness (QED) is 0.627. The Labute approximate surface area is 127 Å². The SMILES string of the molecule is O=C(O)CCc1cn(Cc2cccc([N+](=O)[O-])c2Br)nn1. The summed E-state index contributed by atoms with van der Waals surface area (Å²) in [5, 5.41) is 27.2. The molecule has 0 amide bonds. The molecule has 0 bridgehead atoms. The van der Waals surface area contributed by atoms with Crippen molar-refractivity contribution in [3.8, 4) is 0 Å². The number of benzene rings is 1. The topological polar surface area (TPSA) is 111 Å². The highest BCUT2D eigenvalue weighted by Gasteiger charge is 2.15. The Morgan fingerprint density at radius 1 is 1.48 bits per heavy atom. The maximum atomic E-state index is 10.9.